The van der Waals surface area contributed by atoms with Crippen LogP contribution in [0, 0.1) is 20.8 Å². The number of carbonyl (C=O) groups is 1. The van der Waals surface area contributed by atoms with E-state index in [9.17, 15) is 9.59 Å². The molecular weight excluding hydrogens is 384 g/mol. The molecule has 0 bridgehead atoms. The zero-order valence-corrected chi connectivity index (χ0v) is 17.3. The number of hydrogen-bond donors (Lipinski definition) is 0. The molecule has 2 aromatic carbocycles. The molecule has 0 amide bonds. The highest BCUT2D eigenvalue weighted by atomic mass is 16.5. The average Bonchev–Trinajstić information content (AvgIpc) is 3.00. The Morgan fingerprint density at radius 3 is 2.57 bits per heavy atom. The Bertz CT molecular complexity index is 1330. The van der Waals surface area contributed by atoms with Gasteiger partial charge in [-0.3, -0.25) is 0 Å². The maximum Gasteiger partial charge on any atom is 0.342 e. The lowest BCUT2D eigenvalue weighted by atomic mass is 10.0. The third-order valence-corrected chi connectivity index (χ3v) is 4.98. The second-order valence-corrected chi connectivity index (χ2v) is 7.25. The topological polar surface area (TPSA) is 78.9 Å². The molecule has 6 nitrogen and oxygen atoms in total. The van der Waals surface area contributed by atoms with E-state index >= 15 is 0 Å². The molecule has 154 valence electrons. The van der Waals surface area contributed by atoms with Crippen molar-refractivity contribution in [1.29, 1.82) is 0 Å². The van der Waals surface area contributed by atoms with Crippen molar-refractivity contribution in [3.63, 3.8) is 0 Å². The Kier molecular flexibility index (Phi) is 5.08. The van der Waals surface area contributed by atoms with Crippen LogP contribution in [0.3, 0.4) is 0 Å². The normalized spacial score (nSPS) is 11.2. The highest BCUT2D eigenvalue weighted by Crippen LogP contribution is 2.31. The van der Waals surface area contributed by atoms with Gasteiger partial charge < -0.3 is 18.3 Å². The van der Waals surface area contributed by atoms with Gasteiger partial charge in [-0.2, -0.15) is 0 Å². The maximum absolute atomic E-state index is 12.3. The fourth-order valence-corrected chi connectivity index (χ4v) is 3.79. The van der Waals surface area contributed by atoms with Crippen LogP contribution in [0.15, 0.2) is 50.0 Å². The number of furan rings is 1. The Balaban J connectivity index is 1.70. The molecule has 0 atom stereocenters. The van der Waals surface area contributed by atoms with E-state index in [0.717, 1.165) is 22.1 Å². The maximum atomic E-state index is 12.3. The first-order valence-electron chi connectivity index (χ1n) is 9.74. The molecule has 0 aliphatic carbocycles. The van der Waals surface area contributed by atoms with Crippen molar-refractivity contribution >= 4 is 27.9 Å². The van der Waals surface area contributed by atoms with Crippen molar-refractivity contribution in [1.82, 2.24) is 0 Å². The summed E-state index contributed by atoms with van der Waals surface area (Å²) in [5, 5.41) is 1.50. The zero-order chi connectivity index (χ0) is 21.4. The second kappa shape index (κ2) is 7.71. The Labute approximate surface area is 173 Å². The van der Waals surface area contributed by atoms with Gasteiger partial charge in [-0.05, 0) is 63.1 Å². The van der Waals surface area contributed by atoms with Crippen LogP contribution in [-0.2, 0) is 11.3 Å². The van der Waals surface area contributed by atoms with Gasteiger partial charge in [0.15, 0.2) is 0 Å². The number of benzene rings is 2. The van der Waals surface area contributed by atoms with Gasteiger partial charge >= 0.3 is 11.6 Å². The number of hydrogen-bond acceptors (Lipinski definition) is 6. The monoisotopic (exact) mass is 406 g/mol. The number of carbonyl (C=O) groups excluding carboxylic acids is 1. The van der Waals surface area contributed by atoms with E-state index in [2.05, 4.69) is 0 Å². The highest BCUT2D eigenvalue weighted by Gasteiger charge is 2.20. The first-order chi connectivity index (χ1) is 14.4. The average molecular weight is 406 g/mol. The summed E-state index contributed by atoms with van der Waals surface area (Å²) in [4.78, 5) is 24.3. The molecule has 0 radical (unpaired) electrons. The standard InChI is InChI=1S/C24H22O6/c1-5-27-24(26)23-15(4)29-19-7-6-17(11-18(19)23)28-12-16-10-21(25)30-20-9-13(2)8-14(3)22(16)20/h6-11H,5,12H2,1-4H3. The number of esters is 1. The molecule has 0 fully saturated rings. The van der Waals surface area contributed by atoms with Gasteiger partial charge in [-0.25, -0.2) is 9.59 Å². The summed E-state index contributed by atoms with van der Waals surface area (Å²) in [6, 6.07) is 10.6. The van der Waals surface area contributed by atoms with Crippen LogP contribution in [0.2, 0.25) is 0 Å². The predicted molar refractivity (Wildman–Crippen MR) is 113 cm³/mol. The van der Waals surface area contributed by atoms with E-state index in [4.69, 9.17) is 18.3 Å². The Morgan fingerprint density at radius 1 is 1.00 bits per heavy atom. The first kappa shape index (κ1) is 19.8. The van der Waals surface area contributed by atoms with Gasteiger partial charge in [0.1, 0.15) is 34.8 Å². The minimum Gasteiger partial charge on any atom is -0.489 e. The van der Waals surface area contributed by atoms with Crippen LogP contribution in [-0.4, -0.2) is 12.6 Å². The Morgan fingerprint density at radius 2 is 1.80 bits per heavy atom. The van der Waals surface area contributed by atoms with Crippen molar-refractivity contribution in [2.45, 2.75) is 34.3 Å². The molecular formula is C24H22O6. The van der Waals surface area contributed by atoms with E-state index in [0.29, 0.717) is 33.6 Å². The van der Waals surface area contributed by atoms with Crippen molar-refractivity contribution in [3.8, 4) is 5.75 Å². The molecule has 0 aliphatic heterocycles. The highest BCUT2D eigenvalue weighted by molar-refractivity contribution is 6.04. The summed E-state index contributed by atoms with van der Waals surface area (Å²) in [5.74, 6) is 0.627. The van der Waals surface area contributed by atoms with Gasteiger partial charge in [-0.1, -0.05) is 6.07 Å². The minimum absolute atomic E-state index is 0.184. The lowest BCUT2D eigenvalue weighted by molar-refractivity contribution is 0.0526. The van der Waals surface area contributed by atoms with E-state index in [-0.39, 0.29) is 13.2 Å². The van der Waals surface area contributed by atoms with Crippen molar-refractivity contribution < 1.29 is 23.1 Å². The SMILES string of the molecule is CCOC(=O)c1c(C)oc2ccc(OCc3cc(=O)oc4cc(C)cc(C)c34)cc12. The molecule has 0 spiro atoms. The summed E-state index contributed by atoms with van der Waals surface area (Å²) >= 11 is 0. The molecule has 2 aromatic heterocycles. The molecule has 0 unspecified atom stereocenters. The molecule has 6 heteroatoms. The summed E-state index contributed by atoms with van der Waals surface area (Å²) < 4.78 is 22.2. The zero-order valence-electron chi connectivity index (χ0n) is 17.3. The van der Waals surface area contributed by atoms with Gasteiger partial charge in [-0.15, -0.1) is 0 Å². The lowest BCUT2D eigenvalue weighted by Gasteiger charge is -2.11. The molecule has 0 N–H and O–H groups in total. The predicted octanol–water partition coefficient (Wildman–Crippen LogP) is 5.22. The molecule has 0 saturated carbocycles. The van der Waals surface area contributed by atoms with E-state index < -0.39 is 11.6 Å². The smallest absolute Gasteiger partial charge is 0.342 e. The summed E-state index contributed by atoms with van der Waals surface area (Å²) in [6.07, 6.45) is 0. The van der Waals surface area contributed by atoms with Gasteiger partial charge in [0, 0.05) is 22.4 Å². The number of aryl methyl sites for hydroxylation is 3. The van der Waals surface area contributed by atoms with Crippen molar-refractivity contribution in [2.24, 2.45) is 0 Å². The van der Waals surface area contributed by atoms with Crippen LogP contribution < -0.4 is 10.4 Å². The molecule has 0 saturated heterocycles. The van der Waals surface area contributed by atoms with Gasteiger partial charge in [0.2, 0.25) is 0 Å². The van der Waals surface area contributed by atoms with Crippen LogP contribution in [0.25, 0.3) is 21.9 Å². The Hall–Kier alpha value is -3.54. The van der Waals surface area contributed by atoms with Crippen LogP contribution in [0.4, 0.5) is 0 Å². The first-order valence-corrected chi connectivity index (χ1v) is 9.74. The molecule has 2 heterocycles. The van der Waals surface area contributed by atoms with Crippen LogP contribution in [0.1, 0.15) is 39.7 Å². The van der Waals surface area contributed by atoms with E-state index in [1.807, 2.05) is 26.0 Å². The van der Waals surface area contributed by atoms with Gasteiger partial charge in [0.25, 0.3) is 0 Å². The van der Waals surface area contributed by atoms with E-state index in [1.165, 1.54) is 6.07 Å². The molecule has 4 aromatic rings. The fraction of sp³-hybridized carbons (Fsp3) is 0.250. The minimum atomic E-state index is -0.427. The summed E-state index contributed by atoms with van der Waals surface area (Å²) in [6.45, 7) is 7.89. The van der Waals surface area contributed by atoms with Crippen molar-refractivity contribution in [3.05, 3.63) is 74.8 Å². The fourth-order valence-electron chi connectivity index (χ4n) is 3.79. The largest absolute Gasteiger partial charge is 0.489 e. The number of fused-ring (bicyclic) bond motifs is 2. The van der Waals surface area contributed by atoms with Gasteiger partial charge in [0.05, 0.1) is 6.61 Å². The summed E-state index contributed by atoms with van der Waals surface area (Å²) in [7, 11) is 0. The number of rotatable bonds is 5. The quantitative estimate of drug-likeness (QED) is 0.334. The third kappa shape index (κ3) is 3.56. The second-order valence-electron chi connectivity index (χ2n) is 7.25. The van der Waals surface area contributed by atoms with Crippen LogP contribution in [0.5, 0.6) is 5.75 Å². The molecule has 4 rings (SSSR count). The summed E-state index contributed by atoms with van der Waals surface area (Å²) in [5.41, 5.74) is 3.88. The lowest BCUT2D eigenvalue weighted by Crippen LogP contribution is -2.06. The van der Waals surface area contributed by atoms with Crippen LogP contribution >= 0.6 is 0 Å². The van der Waals surface area contributed by atoms with E-state index in [1.54, 1.807) is 32.0 Å². The van der Waals surface area contributed by atoms with Crippen molar-refractivity contribution in [2.75, 3.05) is 6.61 Å². The number of ether oxygens (including phenoxy) is 2. The third-order valence-electron chi connectivity index (χ3n) is 4.98. The molecule has 0 aliphatic rings. The molecule has 30 heavy (non-hydrogen) atoms.